The van der Waals surface area contributed by atoms with Gasteiger partial charge < -0.3 is 15.5 Å². The molecule has 1 saturated carbocycles. The summed E-state index contributed by atoms with van der Waals surface area (Å²) in [7, 11) is 1.81. The lowest BCUT2D eigenvalue weighted by Crippen LogP contribution is -2.47. The average Bonchev–Trinajstić information content (AvgIpc) is 3.21. The van der Waals surface area contributed by atoms with E-state index in [-0.39, 0.29) is 5.92 Å². The molecule has 6 nitrogen and oxygen atoms in total. The number of nitrogens with one attached hydrogen (secondary N) is 2. The first-order valence-electron chi connectivity index (χ1n) is 10.3. The van der Waals surface area contributed by atoms with Crippen LogP contribution in [0, 0.1) is 5.92 Å². The minimum atomic E-state index is 0.209. The van der Waals surface area contributed by atoms with Gasteiger partial charge in [-0.1, -0.05) is 13.8 Å². The molecule has 0 bridgehead atoms. The van der Waals surface area contributed by atoms with Crippen LogP contribution in [0.4, 0.5) is 0 Å². The Morgan fingerprint density at radius 2 is 2.00 bits per heavy atom. The minimum absolute atomic E-state index is 0.209. The van der Waals surface area contributed by atoms with Crippen molar-refractivity contribution in [1.82, 2.24) is 20.5 Å². The van der Waals surface area contributed by atoms with E-state index in [9.17, 15) is 4.79 Å². The minimum Gasteiger partial charge on any atom is -0.354 e. The molecule has 0 aromatic carbocycles. The fourth-order valence-corrected chi connectivity index (χ4v) is 5.50. The number of hydrogen-bond donors (Lipinski definition) is 2. The summed E-state index contributed by atoms with van der Waals surface area (Å²) in [6.07, 6.45) is 3.99. The first-order chi connectivity index (χ1) is 13.6. The molecule has 8 heteroatoms. The maximum atomic E-state index is 12.7. The molecule has 1 saturated heterocycles. The van der Waals surface area contributed by atoms with Crippen LogP contribution in [0.15, 0.2) is 10.4 Å². The molecule has 0 spiro atoms. The van der Waals surface area contributed by atoms with Crippen LogP contribution < -0.4 is 10.6 Å². The van der Waals surface area contributed by atoms with Gasteiger partial charge >= 0.3 is 0 Å². The van der Waals surface area contributed by atoms with E-state index in [1.54, 1.807) is 18.4 Å². The van der Waals surface area contributed by atoms with Gasteiger partial charge in [0, 0.05) is 54.9 Å². The van der Waals surface area contributed by atoms with Crippen molar-refractivity contribution in [3.05, 3.63) is 16.1 Å². The van der Waals surface area contributed by atoms with Crippen LogP contribution in [0.2, 0.25) is 0 Å². The summed E-state index contributed by atoms with van der Waals surface area (Å²) in [6, 6.07) is 0.383. The molecule has 1 amide bonds. The van der Waals surface area contributed by atoms with Gasteiger partial charge in [0.15, 0.2) is 5.96 Å². The van der Waals surface area contributed by atoms with Crippen LogP contribution in [0.1, 0.15) is 56.2 Å². The molecule has 1 aliphatic carbocycles. The first kappa shape index (κ1) is 21.4. The molecule has 1 aromatic rings. The monoisotopic (exact) mass is 423 g/mol. The summed E-state index contributed by atoms with van der Waals surface area (Å²) in [4.78, 5) is 23.8. The number of aromatic nitrogens is 1. The Kier molecular flexibility index (Phi) is 8.02. The highest BCUT2D eigenvalue weighted by atomic mass is 32.2. The normalized spacial score (nSPS) is 23.7. The number of rotatable bonds is 5. The van der Waals surface area contributed by atoms with E-state index < -0.39 is 0 Å². The smallest absolute Gasteiger partial charge is 0.225 e. The topological polar surface area (TPSA) is 69.6 Å². The van der Waals surface area contributed by atoms with E-state index in [0.717, 1.165) is 61.9 Å². The molecular weight excluding hydrogens is 390 g/mol. The van der Waals surface area contributed by atoms with E-state index in [1.165, 1.54) is 5.01 Å². The number of nitrogens with zero attached hydrogens (tertiary/aromatic N) is 3. The number of amides is 1. The number of aliphatic imine (C=N–C) groups is 1. The van der Waals surface area contributed by atoms with Gasteiger partial charge in [0.2, 0.25) is 5.91 Å². The average molecular weight is 424 g/mol. The molecule has 2 N–H and O–H groups in total. The largest absolute Gasteiger partial charge is 0.354 e. The van der Waals surface area contributed by atoms with Gasteiger partial charge in [-0.25, -0.2) is 4.98 Å². The Morgan fingerprint density at radius 3 is 2.61 bits per heavy atom. The van der Waals surface area contributed by atoms with E-state index in [0.29, 0.717) is 24.4 Å². The lowest BCUT2D eigenvalue weighted by atomic mass is 9.85. The van der Waals surface area contributed by atoms with E-state index in [4.69, 9.17) is 0 Å². The molecule has 1 aliphatic heterocycles. The Balaban J connectivity index is 1.41. The highest BCUT2D eigenvalue weighted by molar-refractivity contribution is 7.99. The summed E-state index contributed by atoms with van der Waals surface area (Å²) >= 11 is 3.67. The lowest BCUT2D eigenvalue weighted by molar-refractivity contribution is -0.136. The molecule has 2 aliphatic rings. The van der Waals surface area contributed by atoms with Crippen molar-refractivity contribution in [2.75, 3.05) is 31.6 Å². The predicted octanol–water partition coefficient (Wildman–Crippen LogP) is 3.07. The Bertz CT molecular complexity index is 661. The van der Waals surface area contributed by atoms with Crippen LogP contribution in [0.3, 0.4) is 0 Å². The molecule has 1 aromatic heterocycles. The second-order valence-electron chi connectivity index (χ2n) is 7.89. The number of carbonyl (C=O) groups excluding carboxylic acids is 1. The SMILES string of the molecule is CN=C(NCc1csc(C(C)C)n1)NC1CCC(C(=O)N2CCSCC2)CC1. The standard InChI is InChI=1S/C20H33N5OS2/c1-14(2)18-23-17(13-28-18)12-22-20(21-3)24-16-6-4-15(5-7-16)19(26)25-8-10-27-11-9-25/h13-16H,4-12H2,1-3H3,(H2,21,22,24). The quantitative estimate of drug-likeness (QED) is 0.563. The van der Waals surface area contributed by atoms with Gasteiger partial charge in [0.05, 0.1) is 17.2 Å². The maximum absolute atomic E-state index is 12.7. The van der Waals surface area contributed by atoms with E-state index in [2.05, 4.69) is 44.7 Å². The predicted molar refractivity (Wildman–Crippen MR) is 119 cm³/mol. The third-order valence-corrected chi connectivity index (χ3v) is 7.60. The van der Waals surface area contributed by atoms with Gasteiger partial charge in [-0.2, -0.15) is 11.8 Å². The van der Waals surface area contributed by atoms with Crippen molar-refractivity contribution < 1.29 is 4.79 Å². The molecule has 3 rings (SSSR count). The van der Waals surface area contributed by atoms with Gasteiger partial charge in [-0.05, 0) is 25.7 Å². The number of carbonyl (C=O) groups is 1. The fraction of sp³-hybridized carbons (Fsp3) is 0.750. The summed E-state index contributed by atoms with van der Waals surface area (Å²) in [5.41, 5.74) is 1.06. The Morgan fingerprint density at radius 1 is 1.29 bits per heavy atom. The third kappa shape index (κ3) is 5.86. The summed E-state index contributed by atoms with van der Waals surface area (Å²) in [5, 5.41) is 10.2. The summed E-state index contributed by atoms with van der Waals surface area (Å²) in [6.45, 7) is 6.87. The van der Waals surface area contributed by atoms with E-state index >= 15 is 0 Å². The molecule has 0 radical (unpaired) electrons. The highest BCUT2D eigenvalue weighted by Gasteiger charge is 2.30. The zero-order valence-electron chi connectivity index (χ0n) is 17.2. The third-order valence-electron chi connectivity index (χ3n) is 5.46. The lowest BCUT2D eigenvalue weighted by Gasteiger charge is -2.34. The molecule has 0 atom stereocenters. The van der Waals surface area contributed by atoms with Crippen molar-refractivity contribution in [1.29, 1.82) is 0 Å². The zero-order chi connectivity index (χ0) is 19.9. The Hall–Kier alpha value is -1.28. The second kappa shape index (κ2) is 10.5. The molecule has 0 unspecified atom stereocenters. The Labute approximate surface area is 177 Å². The van der Waals surface area contributed by atoms with Crippen molar-refractivity contribution >= 4 is 35.0 Å². The zero-order valence-corrected chi connectivity index (χ0v) is 18.9. The summed E-state index contributed by atoms with van der Waals surface area (Å²) in [5.74, 6) is 4.05. The fourth-order valence-electron chi connectivity index (χ4n) is 3.76. The van der Waals surface area contributed by atoms with Gasteiger partial charge in [-0.3, -0.25) is 9.79 Å². The highest BCUT2D eigenvalue weighted by Crippen LogP contribution is 2.27. The number of thiazole rings is 1. The molecule has 28 heavy (non-hydrogen) atoms. The van der Waals surface area contributed by atoms with Crippen molar-refractivity contribution in [3.8, 4) is 0 Å². The molecule has 2 fully saturated rings. The van der Waals surface area contributed by atoms with Crippen molar-refractivity contribution in [2.45, 2.75) is 58.0 Å². The second-order valence-corrected chi connectivity index (χ2v) is 10.0. The van der Waals surface area contributed by atoms with Gasteiger partial charge in [-0.15, -0.1) is 11.3 Å². The molecule has 156 valence electrons. The summed E-state index contributed by atoms with van der Waals surface area (Å²) < 4.78 is 0. The maximum Gasteiger partial charge on any atom is 0.225 e. The van der Waals surface area contributed by atoms with Crippen molar-refractivity contribution in [3.63, 3.8) is 0 Å². The molecular formula is C20H33N5OS2. The number of thioether (sulfide) groups is 1. The van der Waals surface area contributed by atoms with Gasteiger partial charge in [0.25, 0.3) is 0 Å². The first-order valence-corrected chi connectivity index (χ1v) is 12.4. The van der Waals surface area contributed by atoms with Gasteiger partial charge in [0.1, 0.15) is 0 Å². The van der Waals surface area contributed by atoms with Crippen LogP contribution in [-0.4, -0.2) is 59.4 Å². The van der Waals surface area contributed by atoms with E-state index in [1.807, 2.05) is 11.8 Å². The number of hydrogen-bond acceptors (Lipinski definition) is 5. The number of guanidine groups is 1. The van der Waals surface area contributed by atoms with Crippen LogP contribution >= 0.6 is 23.1 Å². The van der Waals surface area contributed by atoms with Crippen LogP contribution in [0.25, 0.3) is 0 Å². The van der Waals surface area contributed by atoms with Crippen LogP contribution in [0.5, 0.6) is 0 Å². The molecule has 2 heterocycles. The van der Waals surface area contributed by atoms with Crippen LogP contribution in [-0.2, 0) is 11.3 Å². The van der Waals surface area contributed by atoms with Crippen molar-refractivity contribution in [2.24, 2.45) is 10.9 Å².